The number of hydrogen-bond donors (Lipinski definition) is 3. The maximum absolute atomic E-state index is 14.7. The lowest BCUT2D eigenvalue weighted by Crippen LogP contribution is -2.55. The molecule has 17 heteroatoms. The van der Waals surface area contributed by atoms with E-state index < -0.39 is 26.5 Å². The van der Waals surface area contributed by atoms with Crippen molar-refractivity contribution in [1.82, 2.24) is 19.6 Å². The zero-order valence-corrected chi connectivity index (χ0v) is 40.9. The third-order valence-corrected chi connectivity index (χ3v) is 17.6. The molecule has 0 unspecified atom stereocenters. The maximum Gasteiger partial charge on any atom is 0.293 e. The number of anilines is 4. The van der Waals surface area contributed by atoms with Gasteiger partial charge in [0, 0.05) is 87.3 Å². The molecule has 3 N–H and O–H groups in total. The molecule has 3 aromatic carbocycles. The van der Waals surface area contributed by atoms with Crippen molar-refractivity contribution in [1.29, 1.82) is 0 Å². The predicted molar refractivity (Wildman–Crippen MR) is 269 cm³/mol. The van der Waals surface area contributed by atoms with E-state index in [4.69, 9.17) is 19.2 Å². The van der Waals surface area contributed by atoms with Crippen LogP contribution >= 0.6 is 0 Å². The van der Waals surface area contributed by atoms with Crippen LogP contribution in [0.25, 0.3) is 11.0 Å². The molecule has 3 atom stereocenters. The first kappa shape index (κ1) is 46.6. The highest BCUT2D eigenvalue weighted by Crippen LogP contribution is 2.54. The van der Waals surface area contributed by atoms with E-state index in [1.54, 1.807) is 6.07 Å². The molecule has 5 fully saturated rings. The Bertz CT molecular complexity index is 2870. The average Bonchev–Trinajstić information content (AvgIpc) is 4.01. The average molecular weight is 973 g/mol. The summed E-state index contributed by atoms with van der Waals surface area (Å²) in [6.45, 7) is 10.6. The molecule has 1 spiro atoms. The summed E-state index contributed by atoms with van der Waals surface area (Å²) in [6, 6.07) is 23.4. The summed E-state index contributed by atoms with van der Waals surface area (Å²) in [7, 11) is -4.59. The Morgan fingerprint density at radius 2 is 1.74 bits per heavy atom. The highest BCUT2D eigenvalue weighted by molar-refractivity contribution is 7.90. The van der Waals surface area contributed by atoms with Crippen molar-refractivity contribution >= 4 is 55.4 Å². The molecular formula is C53H64N8O8S. The van der Waals surface area contributed by atoms with Crippen molar-refractivity contribution in [2.75, 3.05) is 74.3 Å². The number of fused-ring (bicyclic) bond motifs is 3. The summed E-state index contributed by atoms with van der Waals surface area (Å²) in [5.74, 6) is 0.314. The molecule has 1 amide bonds. The van der Waals surface area contributed by atoms with Crippen LogP contribution in [0.15, 0.2) is 83.9 Å². The van der Waals surface area contributed by atoms with Crippen LogP contribution in [0.5, 0.6) is 5.88 Å². The highest BCUT2D eigenvalue weighted by Gasteiger charge is 2.50. The molecule has 5 aromatic rings. The van der Waals surface area contributed by atoms with Crippen LogP contribution in [0, 0.1) is 27.4 Å². The van der Waals surface area contributed by atoms with Gasteiger partial charge in [0.1, 0.15) is 23.1 Å². The fraction of sp³-hybridized carbons (Fsp3) is 0.509. The van der Waals surface area contributed by atoms with Gasteiger partial charge in [-0.3, -0.25) is 19.8 Å². The van der Waals surface area contributed by atoms with E-state index in [9.17, 15) is 23.3 Å². The Hall–Kier alpha value is -5.75. The van der Waals surface area contributed by atoms with Crippen molar-refractivity contribution in [3.8, 4) is 5.88 Å². The van der Waals surface area contributed by atoms with Gasteiger partial charge in [0.15, 0.2) is 0 Å². The number of pyridine rings is 1. The standard InChI is InChI=1S/C53H64N8O8S/c1-34(2)41-6-3-4-7-42(41)45-8-5-20-59(45)39-29-53(30-39)17-21-58(22-18-53)38-9-11-43(46(27-38)60-32-37-16-25-68-33-49(37)69-52-48(60)26-36-13-19-54-50(36)56-52)51(62)57-70(65,66)40-10-12-44(47(28-40)61(63)64)55-31-35-14-23-67-24-15-35/h3-4,6-7,9-13,19,26-28,34-35,37,39,45,49,55H,5,8,14-18,20-25,29-33H2,1-2H3,(H,54,56)(H,57,62)/t37-,45+,49-/m1/s1. The minimum atomic E-state index is -4.59. The normalized spacial score (nSPS) is 23.1. The molecule has 1 saturated carbocycles. The maximum atomic E-state index is 14.7. The lowest BCUT2D eigenvalue weighted by molar-refractivity contribution is -0.384. The molecular weight excluding hydrogens is 909 g/mol. The lowest BCUT2D eigenvalue weighted by Gasteiger charge is -2.56. The number of rotatable bonds is 12. The molecule has 1 aliphatic carbocycles. The fourth-order valence-electron chi connectivity index (χ4n) is 12.3. The van der Waals surface area contributed by atoms with Gasteiger partial charge < -0.3 is 34.3 Å². The molecule has 7 heterocycles. The molecule has 4 saturated heterocycles. The summed E-state index contributed by atoms with van der Waals surface area (Å²) >= 11 is 0. The molecule has 11 rings (SSSR count). The topological polar surface area (TPSA) is 184 Å². The molecule has 70 heavy (non-hydrogen) atoms. The Kier molecular flexibility index (Phi) is 12.7. The number of hydrogen-bond acceptors (Lipinski definition) is 13. The van der Waals surface area contributed by atoms with E-state index >= 15 is 0 Å². The Labute approximate surface area is 409 Å². The van der Waals surface area contributed by atoms with Gasteiger partial charge in [0.05, 0.1) is 27.7 Å². The molecule has 0 bridgehead atoms. The Balaban J connectivity index is 0.873. The van der Waals surface area contributed by atoms with Gasteiger partial charge >= 0.3 is 0 Å². The minimum Gasteiger partial charge on any atom is -0.470 e. The second kappa shape index (κ2) is 19.1. The number of piperidine rings is 1. The highest BCUT2D eigenvalue weighted by atomic mass is 32.2. The number of H-pyrrole nitrogens is 1. The van der Waals surface area contributed by atoms with Gasteiger partial charge in [-0.1, -0.05) is 38.1 Å². The minimum absolute atomic E-state index is 0.0131. The van der Waals surface area contributed by atoms with Gasteiger partial charge in [-0.25, -0.2) is 13.1 Å². The molecule has 370 valence electrons. The van der Waals surface area contributed by atoms with Crippen LogP contribution < -0.4 is 24.6 Å². The number of aromatic nitrogens is 2. The lowest BCUT2D eigenvalue weighted by atomic mass is 9.59. The van der Waals surface area contributed by atoms with Crippen LogP contribution in [0.2, 0.25) is 0 Å². The number of likely N-dealkylation sites (tertiary alicyclic amines) is 1. The zero-order valence-electron chi connectivity index (χ0n) is 40.1. The summed E-state index contributed by atoms with van der Waals surface area (Å²) in [6.07, 6.45) is 10.9. The van der Waals surface area contributed by atoms with Crippen LogP contribution in [0.3, 0.4) is 0 Å². The molecule has 5 aliphatic heterocycles. The number of carbonyl (C=O) groups is 1. The van der Waals surface area contributed by atoms with Crippen LogP contribution in [0.1, 0.15) is 105 Å². The summed E-state index contributed by atoms with van der Waals surface area (Å²) in [5.41, 5.74) is 5.99. The molecule has 6 aliphatic rings. The van der Waals surface area contributed by atoms with Crippen LogP contribution in [0.4, 0.5) is 28.4 Å². The number of nitro groups is 1. The zero-order chi connectivity index (χ0) is 48.1. The molecule has 0 radical (unpaired) electrons. The number of nitrogens with zero attached hydrogens (tertiary/aromatic N) is 5. The van der Waals surface area contributed by atoms with Gasteiger partial charge in [-0.2, -0.15) is 4.98 Å². The summed E-state index contributed by atoms with van der Waals surface area (Å²) < 4.78 is 48.5. The van der Waals surface area contributed by atoms with Crippen molar-refractivity contribution in [3.05, 3.63) is 106 Å². The second-order valence-electron chi connectivity index (χ2n) is 20.9. The summed E-state index contributed by atoms with van der Waals surface area (Å²) in [4.78, 5) is 41.4. The van der Waals surface area contributed by atoms with Gasteiger partial charge in [0.2, 0.25) is 5.88 Å². The van der Waals surface area contributed by atoms with Crippen LogP contribution in [-0.2, 0) is 19.5 Å². The third kappa shape index (κ3) is 9.09. The first-order valence-electron chi connectivity index (χ1n) is 25.3. The number of benzene rings is 3. The van der Waals surface area contributed by atoms with E-state index in [-0.39, 0.29) is 34.1 Å². The fourth-order valence-corrected chi connectivity index (χ4v) is 13.3. The number of carbonyl (C=O) groups excluding carboxylic acids is 1. The quantitative estimate of drug-likeness (QED) is 0.0796. The number of amides is 1. The van der Waals surface area contributed by atoms with E-state index in [2.05, 4.69) is 67.8 Å². The van der Waals surface area contributed by atoms with E-state index in [1.165, 1.54) is 48.9 Å². The van der Waals surface area contributed by atoms with Crippen molar-refractivity contribution in [2.45, 2.75) is 101 Å². The first-order chi connectivity index (χ1) is 33.9. The predicted octanol–water partition coefficient (Wildman–Crippen LogP) is 9.07. The van der Waals surface area contributed by atoms with Gasteiger partial charge in [-0.05, 0) is 135 Å². The number of ether oxygens (including phenoxy) is 3. The van der Waals surface area contributed by atoms with Crippen molar-refractivity contribution in [3.63, 3.8) is 0 Å². The number of nitro benzene ring substituents is 1. The Morgan fingerprint density at radius 1 is 0.943 bits per heavy atom. The Morgan fingerprint density at radius 3 is 2.54 bits per heavy atom. The second-order valence-corrected chi connectivity index (χ2v) is 22.5. The monoisotopic (exact) mass is 972 g/mol. The third-order valence-electron chi connectivity index (χ3n) is 16.3. The number of sulfonamides is 1. The van der Waals surface area contributed by atoms with Gasteiger partial charge in [-0.15, -0.1) is 0 Å². The number of aromatic amines is 1. The largest absolute Gasteiger partial charge is 0.470 e. The molecule has 16 nitrogen and oxygen atoms in total. The van der Waals surface area contributed by atoms with E-state index in [0.717, 1.165) is 68.9 Å². The first-order valence-corrected chi connectivity index (χ1v) is 26.8. The van der Waals surface area contributed by atoms with Crippen molar-refractivity contribution < 1.29 is 32.3 Å². The van der Waals surface area contributed by atoms with Gasteiger partial charge in [0.25, 0.3) is 21.6 Å². The SMILES string of the molecule is CC(C)c1ccccc1[C@@H]1CCCN1C1CC2(CCN(c3ccc(C(=O)NS(=O)(=O)c4ccc(NCC5CCOCC5)c([N+](=O)[O-])c4)c(N4C[C@H]5CCOC[C@H]5Oc5nc6[nH]ccc6cc54)c3)CC2)C1. The number of nitrogens with one attached hydrogen (secondary N) is 3. The van der Waals surface area contributed by atoms with E-state index in [0.29, 0.717) is 85.8 Å². The van der Waals surface area contributed by atoms with Crippen molar-refractivity contribution in [2.24, 2.45) is 17.3 Å². The molecule has 2 aromatic heterocycles. The smallest absolute Gasteiger partial charge is 0.293 e. The van der Waals surface area contributed by atoms with E-state index in [1.807, 2.05) is 30.5 Å². The summed E-state index contributed by atoms with van der Waals surface area (Å²) in [5, 5.41) is 16.3. The van der Waals surface area contributed by atoms with Crippen LogP contribution in [-0.4, -0.2) is 105 Å².